The molecule has 23 heavy (non-hydrogen) atoms. The van der Waals surface area contributed by atoms with E-state index in [4.69, 9.17) is 4.74 Å². The third kappa shape index (κ3) is 4.35. The van der Waals surface area contributed by atoms with Crippen molar-refractivity contribution in [2.45, 2.75) is 46.4 Å². The number of carbonyl (C=O) groups excluding carboxylic acids is 1. The molecular formula is C20H25NO2. The van der Waals surface area contributed by atoms with Crippen molar-refractivity contribution < 1.29 is 9.53 Å². The third-order valence-electron chi connectivity index (χ3n) is 3.95. The van der Waals surface area contributed by atoms with Crippen molar-refractivity contribution in [2.24, 2.45) is 0 Å². The molecule has 2 aromatic carbocycles. The molecule has 1 heterocycles. The van der Waals surface area contributed by atoms with E-state index in [1.165, 1.54) is 11.1 Å². The van der Waals surface area contributed by atoms with Crippen LogP contribution in [-0.2, 0) is 24.3 Å². The highest BCUT2D eigenvalue weighted by Crippen LogP contribution is 2.23. The summed E-state index contributed by atoms with van der Waals surface area (Å²) in [5.74, 6) is 0. The molecule has 2 aromatic rings. The highest BCUT2D eigenvalue weighted by molar-refractivity contribution is 5.68. The molecule has 0 N–H and O–H groups in total. The van der Waals surface area contributed by atoms with Crippen molar-refractivity contribution in [3.8, 4) is 0 Å². The van der Waals surface area contributed by atoms with Crippen molar-refractivity contribution >= 4 is 6.09 Å². The first-order chi connectivity index (χ1) is 11.2. The van der Waals surface area contributed by atoms with E-state index in [2.05, 4.69) is 25.1 Å². The zero-order valence-corrected chi connectivity index (χ0v) is 14.2. The summed E-state index contributed by atoms with van der Waals surface area (Å²) in [6.07, 6.45) is 0.650. The maximum absolute atomic E-state index is 12.3. The monoisotopic (exact) mass is 311 g/mol. The Hall–Kier alpha value is -2.29. The SMILES string of the molecule is CC.C[C@@H]1Cc2ccccc2CN1C(=O)OCc1ccccc1. The fourth-order valence-corrected chi connectivity index (χ4v) is 2.73. The fourth-order valence-electron chi connectivity index (χ4n) is 2.73. The van der Waals surface area contributed by atoms with Crippen molar-refractivity contribution in [3.63, 3.8) is 0 Å². The van der Waals surface area contributed by atoms with Gasteiger partial charge in [0.25, 0.3) is 0 Å². The molecule has 1 aliphatic rings. The summed E-state index contributed by atoms with van der Waals surface area (Å²) in [5, 5.41) is 0. The van der Waals surface area contributed by atoms with Crippen LogP contribution >= 0.6 is 0 Å². The second-order valence-corrected chi connectivity index (χ2v) is 5.49. The van der Waals surface area contributed by atoms with Crippen molar-refractivity contribution in [1.29, 1.82) is 0 Å². The zero-order valence-electron chi connectivity index (χ0n) is 14.2. The van der Waals surface area contributed by atoms with Gasteiger partial charge < -0.3 is 9.64 Å². The molecule has 0 aliphatic carbocycles. The molecule has 1 amide bonds. The molecule has 0 aromatic heterocycles. The lowest BCUT2D eigenvalue weighted by molar-refractivity contribution is 0.0766. The summed E-state index contributed by atoms with van der Waals surface area (Å²) in [7, 11) is 0. The minimum absolute atomic E-state index is 0.170. The van der Waals surface area contributed by atoms with Crippen molar-refractivity contribution in [3.05, 3.63) is 71.3 Å². The van der Waals surface area contributed by atoms with Crippen LogP contribution in [0.4, 0.5) is 4.79 Å². The van der Waals surface area contributed by atoms with Crippen LogP contribution in [0.5, 0.6) is 0 Å². The standard InChI is InChI=1S/C18H19NO2.C2H6/c1-14-11-16-9-5-6-10-17(16)12-19(14)18(20)21-13-15-7-3-2-4-8-15;1-2/h2-10,14H,11-13H2,1H3;1-2H3/t14-;/m1./s1. The molecule has 3 heteroatoms. The zero-order chi connectivity index (χ0) is 16.7. The Labute approximate surface area is 138 Å². The van der Waals surface area contributed by atoms with Crippen LogP contribution in [-0.4, -0.2) is 17.0 Å². The average Bonchev–Trinajstić information content (AvgIpc) is 2.61. The van der Waals surface area contributed by atoms with Gasteiger partial charge in [-0.1, -0.05) is 68.4 Å². The molecule has 0 bridgehead atoms. The van der Waals surface area contributed by atoms with E-state index in [0.29, 0.717) is 13.2 Å². The van der Waals surface area contributed by atoms with E-state index in [1.54, 1.807) is 0 Å². The van der Waals surface area contributed by atoms with E-state index in [0.717, 1.165) is 12.0 Å². The van der Waals surface area contributed by atoms with Gasteiger partial charge in [-0.15, -0.1) is 0 Å². The molecule has 0 radical (unpaired) electrons. The first-order valence-corrected chi connectivity index (χ1v) is 8.28. The normalized spacial score (nSPS) is 16.0. The summed E-state index contributed by atoms with van der Waals surface area (Å²) < 4.78 is 5.44. The van der Waals surface area contributed by atoms with Crippen LogP contribution in [0.25, 0.3) is 0 Å². The molecule has 1 atom stereocenters. The summed E-state index contributed by atoms with van der Waals surface area (Å²) in [6.45, 7) is 7.02. The van der Waals surface area contributed by atoms with Crippen molar-refractivity contribution in [2.75, 3.05) is 0 Å². The highest BCUT2D eigenvalue weighted by Gasteiger charge is 2.27. The maximum atomic E-state index is 12.3. The summed E-state index contributed by atoms with van der Waals surface area (Å²) in [4.78, 5) is 14.1. The van der Waals surface area contributed by atoms with Crippen molar-refractivity contribution in [1.82, 2.24) is 4.90 Å². The number of rotatable bonds is 2. The molecule has 0 saturated heterocycles. The largest absolute Gasteiger partial charge is 0.445 e. The Kier molecular flexibility index (Phi) is 6.21. The van der Waals surface area contributed by atoms with E-state index in [1.807, 2.05) is 55.1 Å². The molecular weight excluding hydrogens is 286 g/mol. The van der Waals surface area contributed by atoms with Gasteiger partial charge in [0.2, 0.25) is 0 Å². The van der Waals surface area contributed by atoms with Crippen LogP contribution in [0.1, 0.15) is 37.5 Å². The van der Waals surface area contributed by atoms with Gasteiger partial charge in [0.05, 0.1) is 0 Å². The number of ether oxygens (including phenoxy) is 1. The smallest absolute Gasteiger partial charge is 0.410 e. The Balaban J connectivity index is 0.000000924. The fraction of sp³-hybridized carbons (Fsp3) is 0.350. The Morgan fingerprint density at radius 1 is 1.04 bits per heavy atom. The van der Waals surface area contributed by atoms with Gasteiger partial charge in [0, 0.05) is 12.6 Å². The lowest BCUT2D eigenvalue weighted by Gasteiger charge is -2.34. The second kappa shape index (κ2) is 8.37. The van der Waals surface area contributed by atoms with E-state index in [-0.39, 0.29) is 12.1 Å². The minimum atomic E-state index is -0.235. The predicted octanol–water partition coefficient (Wildman–Crippen LogP) is 4.80. The number of hydrogen-bond acceptors (Lipinski definition) is 2. The lowest BCUT2D eigenvalue weighted by Crippen LogP contribution is -2.42. The van der Waals surface area contributed by atoms with Crippen LogP contribution in [0.2, 0.25) is 0 Å². The number of amides is 1. The summed E-state index contributed by atoms with van der Waals surface area (Å²) >= 11 is 0. The first kappa shape index (κ1) is 17.1. The third-order valence-corrected chi connectivity index (χ3v) is 3.95. The molecule has 3 nitrogen and oxygen atoms in total. The summed E-state index contributed by atoms with van der Waals surface area (Å²) in [5.41, 5.74) is 3.56. The Morgan fingerprint density at radius 3 is 2.35 bits per heavy atom. The molecule has 0 fully saturated rings. The van der Waals surface area contributed by atoms with Gasteiger partial charge in [-0.3, -0.25) is 0 Å². The molecule has 3 rings (SSSR count). The van der Waals surface area contributed by atoms with E-state index in [9.17, 15) is 4.79 Å². The van der Waals surface area contributed by atoms with Gasteiger partial charge in [0.15, 0.2) is 0 Å². The lowest BCUT2D eigenvalue weighted by atomic mass is 9.95. The van der Waals surface area contributed by atoms with E-state index < -0.39 is 0 Å². The molecule has 122 valence electrons. The average molecular weight is 311 g/mol. The summed E-state index contributed by atoms with van der Waals surface area (Å²) in [6, 6.07) is 18.2. The number of carbonyl (C=O) groups is 1. The quantitative estimate of drug-likeness (QED) is 0.797. The van der Waals surface area contributed by atoms with Gasteiger partial charge in [-0.05, 0) is 30.0 Å². The Bertz CT molecular complexity index is 625. The van der Waals surface area contributed by atoms with Gasteiger partial charge in [-0.2, -0.15) is 0 Å². The topological polar surface area (TPSA) is 29.5 Å². The minimum Gasteiger partial charge on any atom is -0.445 e. The predicted molar refractivity (Wildman–Crippen MR) is 93.1 cm³/mol. The Morgan fingerprint density at radius 2 is 1.65 bits per heavy atom. The van der Waals surface area contributed by atoms with Crippen LogP contribution in [0, 0.1) is 0 Å². The number of benzene rings is 2. The van der Waals surface area contributed by atoms with Gasteiger partial charge >= 0.3 is 6.09 Å². The first-order valence-electron chi connectivity index (χ1n) is 8.28. The van der Waals surface area contributed by atoms with Gasteiger partial charge in [0.1, 0.15) is 6.61 Å². The molecule has 0 unspecified atom stereocenters. The van der Waals surface area contributed by atoms with E-state index >= 15 is 0 Å². The second-order valence-electron chi connectivity index (χ2n) is 5.49. The highest BCUT2D eigenvalue weighted by atomic mass is 16.6. The maximum Gasteiger partial charge on any atom is 0.410 e. The molecule has 0 saturated carbocycles. The molecule has 0 spiro atoms. The number of nitrogens with zero attached hydrogens (tertiary/aromatic N) is 1. The number of fused-ring (bicyclic) bond motifs is 1. The van der Waals surface area contributed by atoms with Crippen LogP contribution in [0.3, 0.4) is 0 Å². The number of hydrogen-bond donors (Lipinski definition) is 0. The molecule has 1 aliphatic heterocycles. The van der Waals surface area contributed by atoms with Crippen LogP contribution in [0.15, 0.2) is 54.6 Å². The van der Waals surface area contributed by atoms with Crippen LogP contribution < -0.4 is 0 Å². The van der Waals surface area contributed by atoms with Gasteiger partial charge in [-0.25, -0.2) is 4.79 Å².